The summed E-state index contributed by atoms with van der Waals surface area (Å²) >= 11 is 0. The first-order valence-corrected chi connectivity index (χ1v) is 4.45. The van der Waals surface area contributed by atoms with E-state index in [9.17, 15) is 9.59 Å². The Kier molecular flexibility index (Phi) is 3.63. The van der Waals surface area contributed by atoms with Gasteiger partial charge in [-0.2, -0.15) is 5.26 Å². The Labute approximate surface area is 86.2 Å². The molecule has 0 saturated carbocycles. The number of unbranched alkanes of at least 4 members (excludes halogenated alkanes) is 1. The van der Waals surface area contributed by atoms with Gasteiger partial charge < -0.3 is 9.67 Å². The van der Waals surface area contributed by atoms with Crippen LogP contribution in [0.2, 0.25) is 0 Å². The van der Waals surface area contributed by atoms with Crippen LogP contribution in [0.15, 0.2) is 23.3 Å². The van der Waals surface area contributed by atoms with Crippen LogP contribution in [-0.2, 0) is 6.54 Å². The minimum atomic E-state index is -1.23. The lowest BCUT2D eigenvalue weighted by Crippen LogP contribution is -2.16. The molecule has 0 bridgehead atoms. The maximum atomic E-state index is 11.1. The highest BCUT2D eigenvalue weighted by Crippen LogP contribution is 1.97. The van der Waals surface area contributed by atoms with Gasteiger partial charge in [-0.1, -0.05) is 0 Å². The molecule has 5 heteroatoms. The molecule has 0 aromatic carbocycles. The number of nitrogens with zero attached hydrogens (tertiary/aromatic N) is 2. The number of aryl methyl sites for hydroxylation is 1. The summed E-state index contributed by atoms with van der Waals surface area (Å²) in [5.74, 6) is -1.23. The maximum absolute atomic E-state index is 11.1. The van der Waals surface area contributed by atoms with E-state index in [1.165, 1.54) is 18.5 Å². The lowest BCUT2D eigenvalue weighted by atomic mass is 10.2. The van der Waals surface area contributed by atoms with Gasteiger partial charge in [-0.3, -0.25) is 4.79 Å². The highest BCUT2D eigenvalue weighted by Gasteiger charge is 2.07. The molecule has 1 aromatic heterocycles. The molecule has 0 aliphatic rings. The van der Waals surface area contributed by atoms with Crippen molar-refractivity contribution in [2.24, 2.45) is 0 Å². The zero-order valence-electron chi connectivity index (χ0n) is 8.01. The molecular weight excluding hydrogens is 196 g/mol. The highest BCUT2D eigenvalue weighted by molar-refractivity contribution is 5.86. The molecule has 15 heavy (non-hydrogen) atoms. The Bertz CT molecular complexity index is 456. The lowest BCUT2D eigenvalue weighted by Gasteiger charge is -2.04. The first-order chi connectivity index (χ1) is 7.15. The minimum Gasteiger partial charge on any atom is -0.477 e. The smallest absolute Gasteiger partial charge is 0.341 e. The van der Waals surface area contributed by atoms with Gasteiger partial charge in [0.15, 0.2) is 5.43 Å². The Hall–Kier alpha value is -2.09. The van der Waals surface area contributed by atoms with Gasteiger partial charge in [0.2, 0.25) is 0 Å². The van der Waals surface area contributed by atoms with E-state index in [1.54, 1.807) is 4.57 Å². The minimum absolute atomic E-state index is 0.241. The van der Waals surface area contributed by atoms with Crippen molar-refractivity contribution >= 4 is 5.97 Å². The van der Waals surface area contributed by atoms with Crippen LogP contribution in [0, 0.1) is 11.3 Å². The molecule has 1 rings (SSSR count). The Morgan fingerprint density at radius 2 is 2.33 bits per heavy atom. The number of carbonyl (C=O) groups is 1. The van der Waals surface area contributed by atoms with E-state index in [0.29, 0.717) is 19.4 Å². The molecule has 0 fully saturated rings. The molecule has 0 radical (unpaired) electrons. The summed E-state index contributed by atoms with van der Waals surface area (Å²) in [6.45, 7) is 0.536. The SMILES string of the molecule is N#CCCCn1ccc(=O)c(C(=O)O)c1. The molecule has 0 saturated heterocycles. The van der Waals surface area contributed by atoms with Crippen LogP contribution < -0.4 is 5.43 Å². The average Bonchev–Trinajstić information content (AvgIpc) is 2.20. The number of aromatic carboxylic acids is 1. The van der Waals surface area contributed by atoms with Gasteiger partial charge >= 0.3 is 5.97 Å². The zero-order valence-corrected chi connectivity index (χ0v) is 8.01. The normalized spacial score (nSPS) is 9.53. The molecule has 0 atom stereocenters. The van der Waals surface area contributed by atoms with Crippen molar-refractivity contribution in [1.82, 2.24) is 4.57 Å². The lowest BCUT2D eigenvalue weighted by molar-refractivity contribution is 0.0694. The number of aromatic nitrogens is 1. The number of carboxylic acids is 1. The van der Waals surface area contributed by atoms with Gasteiger partial charge in [0.05, 0.1) is 6.07 Å². The van der Waals surface area contributed by atoms with Crippen LogP contribution in [0.1, 0.15) is 23.2 Å². The second kappa shape index (κ2) is 4.96. The molecule has 0 amide bonds. The van der Waals surface area contributed by atoms with Crippen molar-refractivity contribution in [3.05, 3.63) is 34.2 Å². The summed E-state index contributed by atoms with van der Waals surface area (Å²) < 4.78 is 1.60. The largest absolute Gasteiger partial charge is 0.477 e. The quantitative estimate of drug-likeness (QED) is 0.740. The summed E-state index contributed by atoms with van der Waals surface area (Å²) in [6.07, 6.45) is 3.86. The van der Waals surface area contributed by atoms with Crippen LogP contribution >= 0.6 is 0 Å². The van der Waals surface area contributed by atoms with Gasteiger partial charge in [0, 0.05) is 31.4 Å². The van der Waals surface area contributed by atoms with E-state index in [-0.39, 0.29) is 5.56 Å². The van der Waals surface area contributed by atoms with Crippen molar-refractivity contribution in [2.45, 2.75) is 19.4 Å². The first kappa shape index (κ1) is 11.0. The maximum Gasteiger partial charge on any atom is 0.341 e. The third-order valence-corrected chi connectivity index (χ3v) is 1.91. The molecule has 1 heterocycles. The number of rotatable bonds is 4. The van der Waals surface area contributed by atoms with Crippen LogP contribution in [-0.4, -0.2) is 15.6 Å². The van der Waals surface area contributed by atoms with E-state index < -0.39 is 11.4 Å². The summed E-state index contributed by atoms with van der Waals surface area (Å²) in [5.41, 5.74) is -0.742. The molecule has 0 aliphatic heterocycles. The van der Waals surface area contributed by atoms with Crippen LogP contribution in [0.25, 0.3) is 0 Å². The van der Waals surface area contributed by atoms with Gasteiger partial charge in [-0.25, -0.2) is 4.79 Å². The first-order valence-electron chi connectivity index (χ1n) is 4.45. The Balaban J connectivity index is 2.84. The Morgan fingerprint density at radius 3 is 2.93 bits per heavy atom. The number of hydrogen-bond donors (Lipinski definition) is 1. The highest BCUT2D eigenvalue weighted by atomic mass is 16.4. The van der Waals surface area contributed by atoms with Crippen molar-refractivity contribution < 1.29 is 9.90 Å². The van der Waals surface area contributed by atoms with Crippen molar-refractivity contribution in [2.75, 3.05) is 0 Å². The zero-order chi connectivity index (χ0) is 11.3. The number of carboxylic acid groups (broad SMARTS) is 1. The van der Waals surface area contributed by atoms with Crippen LogP contribution in [0.5, 0.6) is 0 Å². The summed E-state index contributed by atoms with van der Waals surface area (Å²) in [7, 11) is 0. The van der Waals surface area contributed by atoms with E-state index >= 15 is 0 Å². The molecule has 0 unspecified atom stereocenters. The molecule has 0 spiro atoms. The number of hydrogen-bond acceptors (Lipinski definition) is 3. The van der Waals surface area contributed by atoms with Gasteiger partial charge in [0.25, 0.3) is 0 Å². The predicted octanol–water partition coefficient (Wildman–Crippen LogP) is 0.850. The van der Waals surface area contributed by atoms with Gasteiger partial charge in [-0.15, -0.1) is 0 Å². The predicted molar refractivity (Wildman–Crippen MR) is 52.5 cm³/mol. The topological polar surface area (TPSA) is 83.1 Å². The summed E-state index contributed by atoms with van der Waals surface area (Å²) in [4.78, 5) is 21.7. The summed E-state index contributed by atoms with van der Waals surface area (Å²) in [5, 5.41) is 17.0. The van der Waals surface area contributed by atoms with E-state index in [4.69, 9.17) is 10.4 Å². The third kappa shape index (κ3) is 2.95. The average molecular weight is 206 g/mol. The van der Waals surface area contributed by atoms with Crippen LogP contribution in [0.4, 0.5) is 0 Å². The molecule has 78 valence electrons. The van der Waals surface area contributed by atoms with Gasteiger partial charge in [-0.05, 0) is 6.42 Å². The number of pyridine rings is 1. The molecule has 1 N–H and O–H groups in total. The van der Waals surface area contributed by atoms with Crippen molar-refractivity contribution in [3.63, 3.8) is 0 Å². The molecule has 1 aromatic rings. The van der Waals surface area contributed by atoms with E-state index in [2.05, 4.69) is 0 Å². The molecule has 5 nitrogen and oxygen atoms in total. The third-order valence-electron chi connectivity index (χ3n) is 1.91. The summed E-state index contributed by atoms with van der Waals surface area (Å²) in [6, 6.07) is 3.21. The Morgan fingerprint density at radius 1 is 1.60 bits per heavy atom. The van der Waals surface area contributed by atoms with Crippen molar-refractivity contribution in [1.29, 1.82) is 5.26 Å². The second-order valence-electron chi connectivity index (χ2n) is 3.03. The fraction of sp³-hybridized carbons (Fsp3) is 0.300. The standard InChI is InChI=1S/C10H10N2O3/c11-4-1-2-5-12-6-3-9(13)8(7-12)10(14)15/h3,6-7H,1-2,5H2,(H,14,15). The van der Waals surface area contributed by atoms with Crippen LogP contribution in [0.3, 0.4) is 0 Å². The molecular formula is C10H10N2O3. The van der Waals surface area contributed by atoms with Gasteiger partial charge in [0.1, 0.15) is 5.56 Å². The fourth-order valence-electron chi connectivity index (χ4n) is 1.17. The van der Waals surface area contributed by atoms with Crippen molar-refractivity contribution in [3.8, 4) is 6.07 Å². The monoisotopic (exact) mass is 206 g/mol. The van der Waals surface area contributed by atoms with E-state index in [1.807, 2.05) is 6.07 Å². The molecule has 0 aliphatic carbocycles. The van der Waals surface area contributed by atoms with E-state index in [0.717, 1.165) is 0 Å². The second-order valence-corrected chi connectivity index (χ2v) is 3.03. The number of nitriles is 1. The fourth-order valence-corrected chi connectivity index (χ4v) is 1.17.